The van der Waals surface area contributed by atoms with E-state index < -0.39 is 23.6 Å². The Morgan fingerprint density at radius 3 is 2.14 bits per heavy atom. The van der Waals surface area contributed by atoms with Crippen molar-refractivity contribution in [1.29, 1.82) is 0 Å². The van der Waals surface area contributed by atoms with Gasteiger partial charge < -0.3 is 14.9 Å². The number of carboxylic acids is 1. The molecule has 0 saturated heterocycles. The molecule has 0 aliphatic carbocycles. The minimum Gasteiger partial charge on any atom is -0.508 e. The Bertz CT molecular complexity index is 913. The second-order valence-electron chi connectivity index (χ2n) is 7.13. The van der Waals surface area contributed by atoms with Crippen LogP contribution in [0.3, 0.4) is 0 Å². The van der Waals surface area contributed by atoms with E-state index in [9.17, 15) is 19.5 Å². The predicted molar refractivity (Wildman–Crippen MR) is 108 cm³/mol. The number of amides is 1. The number of benzene rings is 2. The van der Waals surface area contributed by atoms with Gasteiger partial charge in [-0.15, -0.1) is 0 Å². The van der Waals surface area contributed by atoms with Crippen molar-refractivity contribution in [1.82, 2.24) is 0 Å². The number of aromatic hydroxyl groups is 1. The summed E-state index contributed by atoms with van der Waals surface area (Å²) < 4.78 is 5.61. The number of phenols is 1. The SMILES string of the molecule is CC(=O)c1ccc(NC(=O)O[C@@H](c2ccc(O)cc2)C(C)(C)/C=C/C(=O)O)cc1. The standard InChI is InChI=1S/C22H23NO6/c1-14(24)15-4-8-17(9-5-15)23-21(28)29-20(16-6-10-18(25)11-7-16)22(2,3)13-12-19(26)27/h4-13,20,25H,1-3H3,(H,23,28)(H,26,27)/b13-12+/t20-/m0/s1. The highest BCUT2D eigenvalue weighted by molar-refractivity contribution is 5.95. The van der Waals surface area contributed by atoms with Crippen LogP contribution in [0.25, 0.3) is 0 Å². The number of Topliss-reactive ketones (excluding diaryl/α,β-unsaturated/α-hetero) is 1. The molecule has 0 radical (unpaired) electrons. The molecule has 1 amide bonds. The van der Waals surface area contributed by atoms with Crippen LogP contribution in [0, 0.1) is 5.41 Å². The smallest absolute Gasteiger partial charge is 0.412 e. The third-order valence-corrected chi connectivity index (χ3v) is 4.29. The summed E-state index contributed by atoms with van der Waals surface area (Å²) in [4.78, 5) is 34.7. The lowest BCUT2D eigenvalue weighted by Crippen LogP contribution is -2.27. The highest BCUT2D eigenvalue weighted by Gasteiger charge is 2.32. The number of anilines is 1. The van der Waals surface area contributed by atoms with Crippen molar-refractivity contribution >= 4 is 23.5 Å². The average molecular weight is 397 g/mol. The van der Waals surface area contributed by atoms with E-state index in [1.807, 2.05) is 0 Å². The van der Waals surface area contributed by atoms with Gasteiger partial charge in [-0.3, -0.25) is 10.1 Å². The van der Waals surface area contributed by atoms with E-state index in [1.165, 1.54) is 25.1 Å². The molecule has 0 spiro atoms. The molecule has 0 heterocycles. The van der Waals surface area contributed by atoms with Gasteiger partial charge in [0.2, 0.25) is 0 Å². The van der Waals surface area contributed by atoms with Crippen molar-refractivity contribution in [3.8, 4) is 5.75 Å². The maximum Gasteiger partial charge on any atom is 0.412 e. The summed E-state index contributed by atoms with van der Waals surface area (Å²) >= 11 is 0. The summed E-state index contributed by atoms with van der Waals surface area (Å²) in [6.07, 6.45) is 0.877. The Hall–Kier alpha value is -3.61. The molecule has 29 heavy (non-hydrogen) atoms. The number of aliphatic carboxylic acids is 1. The lowest BCUT2D eigenvalue weighted by Gasteiger charge is -2.31. The van der Waals surface area contributed by atoms with E-state index in [2.05, 4.69) is 5.32 Å². The monoisotopic (exact) mass is 397 g/mol. The molecule has 0 aromatic heterocycles. The summed E-state index contributed by atoms with van der Waals surface area (Å²) in [5, 5.41) is 21.1. The molecule has 2 aromatic rings. The molecule has 0 fully saturated rings. The van der Waals surface area contributed by atoms with Crippen molar-refractivity contribution in [2.75, 3.05) is 5.32 Å². The summed E-state index contributed by atoms with van der Waals surface area (Å²) in [5.74, 6) is -1.14. The fourth-order valence-corrected chi connectivity index (χ4v) is 2.71. The quantitative estimate of drug-likeness (QED) is 0.467. The fraction of sp³-hybridized carbons (Fsp3) is 0.227. The number of ether oxygens (including phenoxy) is 1. The van der Waals surface area contributed by atoms with Crippen LogP contribution in [0.2, 0.25) is 0 Å². The van der Waals surface area contributed by atoms with Crippen molar-refractivity contribution in [2.45, 2.75) is 26.9 Å². The molecule has 7 nitrogen and oxygen atoms in total. The lowest BCUT2D eigenvalue weighted by atomic mass is 9.82. The minimum atomic E-state index is -1.11. The number of hydrogen-bond acceptors (Lipinski definition) is 5. The summed E-state index contributed by atoms with van der Waals surface area (Å²) in [5.41, 5.74) is 0.699. The van der Waals surface area contributed by atoms with Crippen LogP contribution in [-0.4, -0.2) is 28.1 Å². The number of carboxylic acid groups (broad SMARTS) is 1. The third kappa shape index (κ3) is 6.21. The van der Waals surface area contributed by atoms with Crippen molar-refractivity contribution in [3.63, 3.8) is 0 Å². The van der Waals surface area contributed by atoms with Crippen LogP contribution in [0.4, 0.5) is 10.5 Å². The molecule has 0 aliphatic rings. The average Bonchev–Trinajstić information content (AvgIpc) is 2.66. The van der Waals surface area contributed by atoms with E-state index in [0.29, 0.717) is 16.8 Å². The molecule has 3 N–H and O–H groups in total. The van der Waals surface area contributed by atoms with Crippen molar-refractivity contribution < 1.29 is 29.3 Å². The van der Waals surface area contributed by atoms with Crippen molar-refractivity contribution in [2.24, 2.45) is 5.41 Å². The lowest BCUT2D eigenvalue weighted by molar-refractivity contribution is -0.131. The summed E-state index contributed by atoms with van der Waals surface area (Å²) in [7, 11) is 0. The minimum absolute atomic E-state index is 0.0568. The Morgan fingerprint density at radius 1 is 1.03 bits per heavy atom. The Kier molecular flexibility index (Phi) is 6.77. The first-order valence-corrected chi connectivity index (χ1v) is 8.88. The number of carbonyl (C=O) groups is 3. The molecule has 0 unspecified atom stereocenters. The van der Waals surface area contributed by atoms with Gasteiger partial charge in [0.15, 0.2) is 5.78 Å². The van der Waals surface area contributed by atoms with Gasteiger partial charge in [-0.05, 0) is 48.9 Å². The Balaban J connectivity index is 2.24. The first kappa shape index (κ1) is 21.7. The fourth-order valence-electron chi connectivity index (χ4n) is 2.71. The number of carbonyl (C=O) groups excluding carboxylic acids is 2. The van der Waals surface area contributed by atoms with Crippen LogP contribution in [0.15, 0.2) is 60.7 Å². The molecular weight excluding hydrogens is 374 g/mol. The van der Waals surface area contributed by atoms with E-state index in [-0.39, 0.29) is 11.5 Å². The third-order valence-electron chi connectivity index (χ3n) is 4.29. The molecule has 7 heteroatoms. The number of nitrogens with one attached hydrogen (secondary N) is 1. The predicted octanol–water partition coefficient (Wildman–Crippen LogP) is 4.55. The topological polar surface area (TPSA) is 113 Å². The van der Waals surface area contributed by atoms with Crippen LogP contribution < -0.4 is 5.32 Å². The number of rotatable bonds is 7. The van der Waals surface area contributed by atoms with Crippen LogP contribution in [0.5, 0.6) is 5.75 Å². The van der Waals surface area contributed by atoms with Gasteiger partial charge >= 0.3 is 12.1 Å². The van der Waals surface area contributed by atoms with Crippen LogP contribution >= 0.6 is 0 Å². The number of phenolic OH excluding ortho intramolecular Hbond substituents is 1. The number of ketones is 1. The van der Waals surface area contributed by atoms with Gasteiger partial charge in [-0.2, -0.15) is 0 Å². The van der Waals surface area contributed by atoms with E-state index in [0.717, 1.165) is 6.08 Å². The van der Waals surface area contributed by atoms with E-state index >= 15 is 0 Å². The summed E-state index contributed by atoms with van der Waals surface area (Å²) in [6.45, 7) is 4.92. The normalized spacial score (nSPS) is 12.4. The van der Waals surface area contributed by atoms with Gasteiger partial charge in [0.25, 0.3) is 0 Å². The van der Waals surface area contributed by atoms with Gasteiger partial charge in [0.1, 0.15) is 11.9 Å². The zero-order valence-corrected chi connectivity index (χ0v) is 16.4. The molecule has 0 bridgehead atoms. The zero-order valence-electron chi connectivity index (χ0n) is 16.4. The molecule has 0 saturated carbocycles. The van der Waals surface area contributed by atoms with Crippen molar-refractivity contribution in [3.05, 3.63) is 71.8 Å². The Labute approximate surface area is 168 Å². The van der Waals surface area contributed by atoms with Gasteiger partial charge in [-0.25, -0.2) is 9.59 Å². The molecule has 152 valence electrons. The van der Waals surface area contributed by atoms with Gasteiger partial charge in [0.05, 0.1) is 0 Å². The highest BCUT2D eigenvalue weighted by atomic mass is 16.6. The van der Waals surface area contributed by atoms with E-state index in [4.69, 9.17) is 9.84 Å². The molecular formula is C22H23NO6. The molecule has 0 aliphatic heterocycles. The Morgan fingerprint density at radius 2 is 1.62 bits per heavy atom. The maximum atomic E-state index is 12.5. The first-order valence-electron chi connectivity index (χ1n) is 8.88. The van der Waals surface area contributed by atoms with Crippen LogP contribution in [0.1, 0.15) is 42.8 Å². The zero-order chi connectivity index (χ0) is 21.6. The second-order valence-corrected chi connectivity index (χ2v) is 7.13. The molecule has 2 rings (SSSR count). The second kappa shape index (κ2) is 9.05. The molecule has 1 atom stereocenters. The highest BCUT2D eigenvalue weighted by Crippen LogP contribution is 2.38. The van der Waals surface area contributed by atoms with E-state index in [1.54, 1.807) is 50.2 Å². The summed E-state index contributed by atoms with van der Waals surface area (Å²) in [6, 6.07) is 12.5. The largest absolute Gasteiger partial charge is 0.508 e. The van der Waals surface area contributed by atoms with Crippen LogP contribution in [-0.2, 0) is 9.53 Å². The van der Waals surface area contributed by atoms with Gasteiger partial charge in [-0.1, -0.05) is 32.1 Å². The molecule has 2 aromatic carbocycles. The van der Waals surface area contributed by atoms with Gasteiger partial charge in [0, 0.05) is 22.7 Å². The first-order chi connectivity index (χ1) is 13.6. The number of hydrogen-bond donors (Lipinski definition) is 3. The maximum absolute atomic E-state index is 12.5.